The van der Waals surface area contributed by atoms with Crippen LogP contribution < -0.4 is 5.32 Å². The van der Waals surface area contributed by atoms with Crippen molar-refractivity contribution in [3.05, 3.63) is 5.82 Å². The minimum Gasteiger partial charge on any atom is -0.377 e. The average Bonchev–Trinajstić information content (AvgIpc) is 2.79. The van der Waals surface area contributed by atoms with Crippen LogP contribution in [-0.2, 0) is 18.2 Å². The number of hydrogen-bond acceptors (Lipinski definition) is 5. The first-order valence-corrected chi connectivity index (χ1v) is 6.57. The van der Waals surface area contributed by atoms with Crippen LogP contribution in [0.2, 0.25) is 0 Å². The molecule has 0 aromatic carbocycles. The van der Waals surface area contributed by atoms with Gasteiger partial charge in [-0.3, -0.25) is 0 Å². The summed E-state index contributed by atoms with van der Waals surface area (Å²) in [6, 6.07) is 0.191. The molecule has 6 heteroatoms. The SMILES string of the molecule is CCCNC(Cc1nnn(C)n1)C(C)(CC)OC. The number of hydrogen-bond donors (Lipinski definition) is 1. The van der Waals surface area contributed by atoms with Crippen molar-refractivity contribution in [1.82, 2.24) is 25.5 Å². The van der Waals surface area contributed by atoms with Crippen LogP contribution in [0.15, 0.2) is 0 Å². The summed E-state index contributed by atoms with van der Waals surface area (Å²) in [4.78, 5) is 1.49. The maximum absolute atomic E-state index is 5.68. The Morgan fingerprint density at radius 3 is 2.61 bits per heavy atom. The largest absolute Gasteiger partial charge is 0.377 e. The van der Waals surface area contributed by atoms with Crippen molar-refractivity contribution >= 4 is 0 Å². The Labute approximate surface area is 109 Å². The second-order valence-electron chi connectivity index (χ2n) is 4.78. The van der Waals surface area contributed by atoms with Crippen molar-refractivity contribution < 1.29 is 4.74 Å². The predicted octanol–water partition coefficient (Wildman–Crippen LogP) is 0.936. The quantitative estimate of drug-likeness (QED) is 0.749. The fraction of sp³-hybridized carbons (Fsp3) is 0.917. The van der Waals surface area contributed by atoms with Crippen LogP contribution in [-0.4, -0.2) is 45.5 Å². The minimum atomic E-state index is -0.214. The number of rotatable bonds is 8. The summed E-state index contributed by atoms with van der Waals surface area (Å²) in [5.41, 5.74) is -0.214. The Bertz CT molecular complexity index is 348. The normalized spacial score (nSPS) is 16.5. The zero-order valence-electron chi connectivity index (χ0n) is 12.1. The van der Waals surface area contributed by atoms with E-state index in [9.17, 15) is 0 Å². The maximum atomic E-state index is 5.68. The van der Waals surface area contributed by atoms with Crippen LogP contribution in [0.4, 0.5) is 0 Å². The molecule has 1 heterocycles. The van der Waals surface area contributed by atoms with Crippen molar-refractivity contribution in [3.8, 4) is 0 Å². The second-order valence-corrected chi connectivity index (χ2v) is 4.78. The molecule has 18 heavy (non-hydrogen) atoms. The molecule has 0 saturated carbocycles. The van der Waals surface area contributed by atoms with Crippen LogP contribution in [0.25, 0.3) is 0 Å². The van der Waals surface area contributed by atoms with Crippen molar-refractivity contribution in [2.24, 2.45) is 7.05 Å². The third kappa shape index (κ3) is 3.74. The zero-order chi connectivity index (χ0) is 13.6. The zero-order valence-corrected chi connectivity index (χ0v) is 12.1. The van der Waals surface area contributed by atoms with E-state index in [1.165, 1.54) is 4.80 Å². The van der Waals surface area contributed by atoms with Crippen LogP contribution in [0.5, 0.6) is 0 Å². The van der Waals surface area contributed by atoms with Crippen molar-refractivity contribution in [1.29, 1.82) is 0 Å². The molecule has 0 aliphatic heterocycles. The molecule has 0 saturated heterocycles. The summed E-state index contributed by atoms with van der Waals surface area (Å²) in [6.45, 7) is 7.37. The van der Waals surface area contributed by atoms with Crippen LogP contribution in [0.3, 0.4) is 0 Å². The Morgan fingerprint density at radius 2 is 2.17 bits per heavy atom. The molecule has 1 N–H and O–H groups in total. The Kier molecular flexibility index (Phi) is 5.68. The van der Waals surface area contributed by atoms with Crippen LogP contribution in [0, 0.1) is 0 Å². The number of nitrogens with one attached hydrogen (secondary N) is 1. The van der Waals surface area contributed by atoms with E-state index in [-0.39, 0.29) is 11.6 Å². The molecular weight excluding hydrogens is 230 g/mol. The minimum absolute atomic E-state index is 0.191. The third-order valence-electron chi connectivity index (χ3n) is 3.48. The molecule has 6 nitrogen and oxygen atoms in total. The van der Waals surface area contributed by atoms with Crippen LogP contribution in [0.1, 0.15) is 39.4 Å². The van der Waals surface area contributed by atoms with Gasteiger partial charge in [0.25, 0.3) is 0 Å². The van der Waals surface area contributed by atoms with E-state index in [0.717, 1.165) is 31.6 Å². The fourth-order valence-corrected chi connectivity index (χ4v) is 1.94. The van der Waals surface area contributed by atoms with Gasteiger partial charge in [0.2, 0.25) is 0 Å². The van der Waals surface area contributed by atoms with E-state index in [1.54, 1.807) is 14.2 Å². The smallest absolute Gasteiger partial charge is 0.176 e. The molecule has 0 amide bonds. The number of nitrogens with zero attached hydrogens (tertiary/aromatic N) is 4. The lowest BCUT2D eigenvalue weighted by Gasteiger charge is -2.36. The van der Waals surface area contributed by atoms with Crippen LogP contribution >= 0.6 is 0 Å². The number of aromatic nitrogens is 4. The highest BCUT2D eigenvalue weighted by Gasteiger charge is 2.33. The molecule has 1 aromatic rings. The van der Waals surface area contributed by atoms with E-state index in [1.807, 2.05) is 0 Å². The molecule has 0 spiro atoms. The molecular formula is C12H25N5O. The molecule has 1 rings (SSSR count). The monoisotopic (exact) mass is 255 g/mol. The standard InChI is InChI=1S/C12H25N5O/c1-6-8-13-10(12(3,7-2)18-5)9-11-14-16-17(4)15-11/h10,13H,6-9H2,1-5H3. The van der Waals surface area contributed by atoms with Gasteiger partial charge in [-0.1, -0.05) is 13.8 Å². The van der Waals surface area contributed by atoms with Crippen molar-refractivity contribution in [2.75, 3.05) is 13.7 Å². The van der Waals surface area contributed by atoms with E-state index < -0.39 is 0 Å². The van der Waals surface area contributed by atoms with Gasteiger partial charge in [0.15, 0.2) is 5.82 Å². The highest BCUT2D eigenvalue weighted by molar-refractivity contribution is 4.95. The van der Waals surface area contributed by atoms with Gasteiger partial charge >= 0.3 is 0 Å². The topological polar surface area (TPSA) is 64.9 Å². The van der Waals surface area contributed by atoms with Gasteiger partial charge in [0.1, 0.15) is 0 Å². The summed E-state index contributed by atoms with van der Waals surface area (Å²) in [5.74, 6) is 0.753. The first-order valence-electron chi connectivity index (χ1n) is 6.57. The highest BCUT2D eigenvalue weighted by atomic mass is 16.5. The fourth-order valence-electron chi connectivity index (χ4n) is 1.94. The van der Waals surface area contributed by atoms with Gasteiger partial charge in [-0.25, -0.2) is 0 Å². The Hall–Kier alpha value is -1.01. The Morgan fingerprint density at radius 1 is 1.44 bits per heavy atom. The molecule has 2 unspecified atom stereocenters. The first-order chi connectivity index (χ1) is 8.55. The maximum Gasteiger partial charge on any atom is 0.176 e. The first kappa shape index (κ1) is 15.0. The van der Waals surface area contributed by atoms with E-state index in [2.05, 4.69) is 41.5 Å². The lowest BCUT2D eigenvalue weighted by atomic mass is 9.90. The van der Waals surface area contributed by atoms with Gasteiger partial charge in [0.05, 0.1) is 12.6 Å². The number of aryl methyl sites for hydroxylation is 1. The van der Waals surface area contributed by atoms with E-state index >= 15 is 0 Å². The summed E-state index contributed by atoms with van der Waals surface area (Å²) in [6.07, 6.45) is 2.76. The summed E-state index contributed by atoms with van der Waals surface area (Å²) in [7, 11) is 3.54. The predicted molar refractivity (Wildman–Crippen MR) is 70.3 cm³/mol. The van der Waals surface area contributed by atoms with Gasteiger partial charge in [0, 0.05) is 19.6 Å². The average molecular weight is 255 g/mol. The molecule has 0 radical (unpaired) electrons. The van der Waals surface area contributed by atoms with Gasteiger partial charge < -0.3 is 10.1 Å². The number of ether oxygens (including phenoxy) is 1. The summed E-state index contributed by atoms with van der Waals surface area (Å²) >= 11 is 0. The van der Waals surface area contributed by atoms with Gasteiger partial charge in [-0.2, -0.15) is 4.80 Å². The molecule has 0 aliphatic rings. The van der Waals surface area contributed by atoms with Gasteiger partial charge in [-0.05, 0) is 31.5 Å². The molecule has 104 valence electrons. The Balaban J connectivity index is 2.77. The molecule has 1 aromatic heterocycles. The lowest BCUT2D eigenvalue weighted by molar-refractivity contribution is -0.0292. The summed E-state index contributed by atoms with van der Waals surface area (Å²) in [5, 5.41) is 15.7. The summed E-state index contributed by atoms with van der Waals surface area (Å²) < 4.78 is 5.68. The van der Waals surface area contributed by atoms with E-state index in [4.69, 9.17) is 4.74 Å². The highest BCUT2D eigenvalue weighted by Crippen LogP contribution is 2.21. The molecule has 2 atom stereocenters. The van der Waals surface area contributed by atoms with Gasteiger partial charge in [-0.15, -0.1) is 10.2 Å². The van der Waals surface area contributed by atoms with E-state index in [0.29, 0.717) is 0 Å². The second kappa shape index (κ2) is 6.80. The molecule has 0 aliphatic carbocycles. The van der Waals surface area contributed by atoms with Crippen molar-refractivity contribution in [3.63, 3.8) is 0 Å². The molecule has 0 fully saturated rings. The molecule has 0 bridgehead atoms. The number of methoxy groups -OCH3 is 1. The third-order valence-corrected chi connectivity index (χ3v) is 3.48. The van der Waals surface area contributed by atoms with Crippen molar-refractivity contribution in [2.45, 2.75) is 51.7 Å². The lowest BCUT2D eigenvalue weighted by Crippen LogP contribution is -2.51. The number of tetrazole rings is 1.